The molecule has 150 valence electrons. The van der Waals surface area contributed by atoms with Gasteiger partial charge in [0.05, 0.1) is 18.6 Å². The van der Waals surface area contributed by atoms with Gasteiger partial charge in [0, 0.05) is 23.8 Å². The van der Waals surface area contributed by atoms with Crippen molar-refractivity contribution in [1.82, 2.24) is 0 Å². The number of carbonyl (C=O) groups excluding carboxylic acids is 3. The van der Waals surface area contributed by atoms with Gasteiger partial charge in [0.2, 0.25) is 0 Å². The molecule has 0 unspecified atom stereocenters. The molecule has 0 aliphatic carbocycles. The quantitative estimate of drug-likeness (QED) is 0.412. The molecule has 0 aromatic carbocycles. The first kappa shape index (κ1) is 23.0. The topological polar surface area (TPSA) is 101 Å². The normalized spacial score (nSPS) is 35.1. The van der Waals surface area contributed by atoms with E-state index in [1.165, 1.54) is 6.92 Å². The Labute approximate surface area is 160 Å². The highest BCUT2D eigenvalue weighted by Crippen LogP contribution is 2.21. The average Bonchev–Trinajstić information content (AvgIpc) is 2.61. The van der Waals surface area contributed by atoms with Gasteiger partial charge in [-0.15, -0.1) is 0 Å². The molecule has 0 radical (unpaired) electrons. The van der Waals surface area contributed by atoms with Crippen molar-refractivity contribution in [2.75, 3.05) is 0 Å². The van der Waals surface area contributed by atoms with Gasteiger partial charge in [-0.2, -0.15) is 0 Å². The molecule has 6 nitrogen and oxygen atoms in total. The van der Waals surface area contributed by atoms with Crippen LogP contribution in [-0.2, 0) is 19.1 Å². The number of allylic oxidation sites excluding steroid dienone is 2. The van der Waals surface area contributed by atoms with Crippen molar-refractivity contribution in [3.63, 3.8) is 0 Å². The Bertz CT molecular complexity index is 645. The fourth-order valence-electron chi connectivity index (χ4n) is 2.83. The summed E-state index contributed by atoms with van der Waals surface area (Å²) in [4.78, 5) is 36.3. The number of hydrogen-bond acceptors (Lipinski definition) is 6. The molecule has 0 bridgehead atoms. The predicted molar refractivity (Wildman–Crippen MR) is 102 cm³/mol. The van der Waals surface area contributed by atoms with Gasteiger partial charge >= 0.3 is 5.97 Å². The minimum atomic E-state index is -1.43. The highest BCUT2D eigenvalue weighted by atomic mass is 16.5. The van der Waals surface area contributed by atoms with Crippen molar-refractivity contribution in [3.05, 3.63) is 36.0 Å². The largest absolute Gasteiger partial charge is 0.454 e. The fraction of sp³-hybridized carbons (Fsp3) is 0.571. The molecule has 0 fully saturated rings. The van der Waals surface area contributed by atoms with Crippen LogP contribution in [-0.4, -0.2) is 46.1 Å². The second kappa shape index (κ2) is 10.3. The van der Waals surface area contributed by atoms with E-state index in [2.05, 4.69) is 6.58 Å². The first-order chi connectivity index (χ1) is 12.5. The fourth-order valence-corrected chi connectivity index (χ4v) is 2.83. The smallest absolute Gasteiger partial charge is 0.309 e. The third-order valence-corrected chi connectivity index (χ3v) is 4.83. The highest BCUT2D eigenvalue weighted by Gasteiger charge is 2.31. The summed E-state index contributed by atoms with van der Waals surface area (Å²) in [6, 6.07) is 0. The zero-order valence-corrected chi connectivity index (χ0v) is 16.5. The second-order valence-corrected chi connectivity index (χ2v) is 7.26. The van der Waals surface area contributed by atoms with Crippen LogP contribution in [0.15, 0.2) is 36.0 Å². The van der Waals surface area contributed by atoms with Crippen molar-refractivity contribution in [1.29, 1.82) is 0 Å². The number of aliphatic hydroxyl groups is 2. The number of rotatable bonds is 1. The standard InChI is InChI=1S/C21H30O6/c1-12-7-6-8-13(2)20(25)15(4)21(26)14(3)17(23)11-19(24)27-18(10-9-12)16(5)22/h6,8-9,13,15,17-18,20,23,25H,3,7,10-11H2,1-2,4-5H3/b8-6+,12-9-/t13-,15+,17-,18-,20-/m0/s1. The number of hydrogen-bond donors (Lipinski definition) is 2. The first-order valence-corrected chi connectivity index (χ1v) is 9.15. The Morgan fingerprint density at radius 1 is 1.26 bits per heavy atom. The number of aliphatic hydroxyl groups excluding tert-OH is 2. The Balaban J connectivity index is 3.13. The maximum Gasteiger partial charge on any atom is 0.309 e. The lowest BCUT2D eigenvalue weighted by Gasteiger charge is -2.24. The summed E-state index contributed by atoms with van der Waals surface area (Å²) in [6.45, 7) is 10.2. The number of esters is 1. The predicted octanol–water partition coefficient (Wildman–Crippen LogP) is 2.29. The van der Waals surface area contributed by atoms with Gasteiger partial charge in [-0.05, 0) is 20.3 Å². The van der Waals surface area contributed by atoms with Crippen molar-refractivity contribution in [2.24, 2.45) is 11.8 Å². The first-order valence-electron chi connectivity index (χ1n) is 9.15. The van der Waals surface area contributed by atoms with E-state index < -0.39 is 42.4 Å². The Hall–Kier alpha value is -2.05. The van der Waals surface area contributed by atoms with E-state index >= 15 is 0 Å². The third kappa shape index (κ3) is 6.88. The molecule has 6 heteroatoms. The van der Waals surface area contributed by atoms with Crippen LogP contribution in [0.5, 0.6) is 0 Å². The lowest BCUT2D eigenvalue weighted by molar-refractivity contribution is -0.155. The molecule has 1 rings (SSSR count). The van der Waals surface area contributed by atoms with E-state index in [-0.39, 0.29) is 23.7 Å². The van der Waals surface area contributed by atoms with Crippen LogP contribution >= 0.6 is 0 Å². The van der Waals surface area contributed by atoms with Gasteiger partial charge in [-0.25, -0.2) is 0 Å². The van der Waals surface area contributed by atoms with E-state index in [0.29, 0.717) is 6.42 Å². The summed E-state index contributed by atoms with van der Waals surface area (Å²) < 4.78 is 5.17. The van der Waals surface area contributed by atoms with Crippen LogP contribution in [0.3, 0.4) is 0 Å². The minimum absolute atomic E-state index is 0.156. The molecule has 0 aromatic heterocycles. The zero-order chi connectivity index (χ0) is 20.7. The summed E-state index contributed by atoms with van der Waals surface area (Å²) in [6.07, 6.45) is 2.64. The highest BCUT2D eigenvalue weighted by molar-refractivity contribution is 5.98. The molecule has 2 N–H and O–H groups in total. The molecule has 0 aromatic rings. The number of carbonyl (C=O) groups is 3. The Morgan fingerprint density at radius 2 is 1.89 bits per heavy atom. The molecule has 0 spiro atoms. The van der Waals surface area contributed by atoms with Crippen LogP contribution in [0.4, 0.5) is 0 Å². The molecular weight excluding hydrogens is 348 g/mol. The lowest BCUT2D eigenvalue weighted by atomic mass is 9.85. The van der Waals surface area contributed by atoms with E-state index in [9.17, 15) is 24.6 Å². The third-order valence-electron chi connectivity index (χ3n) is 4.83. The van der Waals surface area contributed by atoms with Crippen LogP contribution in [0, 0.1) is 11.8 Å². The SMILES string of the molecule is C=C1C(=O)[C@H](C)[C@@H](O)[C@@H](C)/C=C/C/C(C)=C\C[C@@H](C(C)=O)OC(=O)C[C@@H]1O. The van der Waals surface area contributed by atoms with Crippen molar-refractivity contribution >= 4 is 17.5 Å². The number of ether oxygens (including phenoxy) is 1. The van der Waals surface area contributed by atoms with Gasteiger partial charge < -0.3 is 14.9 Å². The summed E-state index contributed by atoms with van der Waals surface area (Å²) in [5.74, 6) is -2.63. The minimum Gasteiger partial charge on any atom is -0.454 e. The molecule has 1 aliphatic heterocycles. The zero-order valence-electron chi connectivity index (χ0n) is 16.5. The monoisotopic (exact) mass is 378 g/mol. The van der Waals surface area contributed by atoms with Gasteiger partial charge in [-0.3, -0.25) is 14.4 Å². The summed E-state index contributed by atoms with van der Waals surface area (Å²) in [7, 11) is 0. The molecule has 0 saturated carbocycles. The Morgan fingerprint density at radius 3 is 2.48 bits per heavy atom. The average molecular weight is 378 g/mol. The molecular formula is C21H30O6. The van der Waals surface area contributed by atoms with Gasteiger partial charge in [-0.1, -0.05) is 44.2 Å². The molecule has 5 atom stereocenters. The maximum atomic E-state index is 12.5. The molecule has 0 amide bonds. The molecule has 1 aliphatic rings. The van der Waals surface area contributed by atoms with E-state index in [1.54, 1.807) is 13.8 Å². The van der Waals surface area contributed by atoms with Crippen LogP contribution < -0.4 is 0 Å². The van der Waals surface area contributed by atoms with E-state index in [4.69, 9.17) is 4.74 Å². The molecule has 27 heavy (non-hydrogen) atoms. The van der Waals surface area contributed by atoms with Crippen molar-refractivity contribution in [2.45, 2.75) is 65.3 Å². The Kier molecular flexibility index (Phi) is 8.79. The summed E-state index contributed by atoms with van der Waals surface area (Å²) in [5, 5.41) is 20.6. The van der Waals surface area contributed by atoms with Crippen molar-refractivity contribution in [3.8, 4) is 0 Å². The number of cyclic esters (lactones) is 1. The van der Waals surface area contributed by atoms with E-state index in [0.717, 1.165) is 5.57 Å². The van der Waals surface area contributed by atoms with Gasteiger partial charge in [0.1, 0.15) is 0 Å². The van der Waals surface area contributed by atoms with E-state index in [1.807, 2.05) is 25.2 Å². The van der Waals surface area contributed by atoms with Gasteiger partial charge in [0.25, 0.3) is 0 Å². The maximum absolute atomic E-state index is 12.5. The summed E-state index contributed by atoms with van der Waals surface area (Å²) in [5.41, 5.74) is 0.830. The van der Waals surface area contributed by atoms with Gasteiger partial charge in [0.15, 0.2) is 17.7 Å². The molecule has 1 heterocycles. The van der Waals surface area contributed by atoms with Crippen LogP contribution in [0.2, 0.25) is 0 Å². The van der Waals surface area contributed by atoms with Crippen LogP contribution in [0.1, 0.15) is 47.0 Å². The van der Waals surface area contributed by atoms with Crippen molar-refractivity contribution < 1.29 is 29.3 Å². The number of Topliss-reactive ketones (excluding diaryl/α,β-unsaturated/α-hetero) is 2. The number of ketones is 2. The lowest BCUT2D eigenvalue weighted by Crippen LogP contribution is -2.35. The molecule has 0 saturated heterocycles. The second-order valence-electron chi connectivity index (χ2n) is 7.26. The summed E-state index contributed by atoms with van der Waals surface area (Å²) >= 11 is 0. The van der Waals surface area contributed by atoms with Crippen LogP contribution in [0.25, 0.3) is 0 Å².